The Bertz CT molecular complexity index is 999. The number of carbonyl (C=O) groups excluding carboxylic acids is 1. The monoisotopic (exact) mass is 362 g/mol. The fourth-order valence-electron chi connectivity index (χ4n) is 3.31. The van der Waals surface area contributed by atoms with Crippen molar-refractivity contribution in [3.8, 4) is 0 Å². The lowest BCUT2D eigenvalue weighted by Gasteiger charge is -2.38. The van der Waals surface area contributed by atoms with Gasteiger partial charge < -0.3 is 5.32 Å². The van der Waals surface area contributed by atoms with Gasteiger partial charge in [0.1, 0.15) is 6.17 Å². The SMILES string of the molecule is Cc1ccc(N2C(=O)c3ccccc3NC2c2ccccc2Cl)cc1C. The van der Waals surface area contributed by atoms with Crippen LogP contribution in [0.3, 0.4) is 0 Å². The first-order valence-electron chi connectivity index (χ1n) is 8.57. The number of rotatable bonds is 2. The number of nitrogens with zero attached hydrogens (tertiary/aromatic N) is 1. The van der Waals surface area contributed by atoms with E-state index in [9.17, 15) is 4.79 Å². The smallest absolute Gasteiger partial charge is 0.262 e. The molecule has 0 fully saturated rings. The largest absolute Gasteiger partial charge is 0.360 e. The summed E-state index contributed by atoms with van der Waals surface area (Å²) in [5.41, 5.74) is 5.55. The number of nitrogens with one attached hydrogen (secondary N) is 1. The van der Waals surface area contributed by atoms with Gasteiger partial charge in [0.15, 0.2) is 0 Å². The molecule has 130 valence electrons. The third kappa shape index (κ3) is 2.74. The number of fused-ring (bicyclic) bond motifs is 1. The van der Waals surface area contributed by atoms with Gasteiger partial charge in [-0.3, -0.25) is 9.69 Å². The molecule has 26 heavy (non-hydrogen) atoms. The molecule has 0 spiro atoms. The Hall–Kier alpha value is -2.78. The third-order valence-corrected chi connectivity index (χ3v) is 5.24. The third-order valence-electron chi connectivity index (χ3n) is 4.90. The number of aryl methyl sites for hydroxylation is 2. The van der Waals surface area contributed by atoms with Crippen molar-refractivity contribution in [3.05, 3.63) is 94.0 Å². The summed E-state index contributed by atoms with van der Waals surface area (Å²) in [5.74, 6) is -0.0347. The Labute approximate surface area is 158 Å². The molecule has 0 radical (unpaired) electrons. The number of hydrogen-bond acceptors (Lipinski definition) is 2. The van der Waals surface area contributed by atoms with Crippen molar-refractivity contribution in [2.75, 3.05) is 10.2 Å². The molecule has 3 aromatic rings. The zero-order valence-corrected chi connectivity index (χ0v) is 15.4. The van der Waals surface area contributed by atoms with Gasteiger partial charge in [-0.15, -0.1) is 0 Å². The molecule has 1 aliphatic heterocycles. The lowest BCUT2D eigenvalue weighted by molar-refractivity contribution is 0.0975. The van der Waals surface area contributed by atoms with E-state index in [0.29, 0.717) is 10.6 Å². The molecular weight excluding hydrogens is 344 g/mol. The highest BCUT2D eigenvalue weighted by Gasteiger charge is 2.34. The minimum atomic E-state index is -0.367. The van der Waals surface area contributed by atoms with Crippen molar-refractivity contribution in [2.45, 2.75) is 20.0 Å². The van der Waals surface area contributed by atoms with Gasteiger partial charge in [-0.25, -0.2) is 0 Å². The van der Waals surface area contributed by atoms with Crippen LogP contribution in [0.25, 0.3) is 0 Å². The molecule has 1 heterocycles. The summed E-state index contributed by atoms with van der Waals surface area (Å²) in [6.07, 6.45) is -0.367. The van der Waals surface area contributed by atoms with Crippen molar-refractivity contribution >= 4 is 28.9 Å². The summed E-state index contributed by atoms with van der Waals surface area (Å²) < 4.78 is 0. The van der Waals surface area contributed by atoms with Crippen molar-refractivity contribution in [1.82, 2.24) is 0 Å². The lowest BCUT2D eigenvalue weighted by atomic mass is 10.0. The van der Waals surface area contributed by atoms with Gasteiger partial charge in [0.2, 0.25) is 0 Å². The van der Waals surface area contributed by atoms with E-state index in [-0.39, 0.29) is 12.1 Å². The van der Waals surface area contributed by atoms with Crippen molar-refractivity contribution in [3.63, 3.8) is 0 Å². The minimum absolute atomic E-state index is 0.0347. The maximum Gasteiger partial charge on any atom is 0.262 e. The summed E-state index contributed by atoms with van der Waals surface area (Å²) in [7, 11) is 0. The van der Waals surface area contributed by atoms with Crippen molar-refractivity contribution < 1.29 is 4.79 Å². The van der Waals surface area contributed by atoms with Crippen LogP contribution >= 0.6 is 11.6 Å². The highest BCUT2D eigenvalue weighted by molar-refractivity contribution is 6.31. The number of amides is 1. The molecule has 1 atom stereocenters. The fourth-order valence-corrected chi connectivity index (χ4v) is 3.55. The minimum Gasteiger partial charge on any atom is -0.360 e. The van der Waals surface area contributed by atoms with Crippen LogP contribution in [0.5, 0.6) is 0 Å². The van der Waals surface area contributed by atoms with Crippen molar-refractivity contribution in [1.29, 1.82) is 0 Å². The second-order valence-electron chi connectivity index (χ2n) is 6.56. The first-order chi connectivity index (χ1) is 12.6. The van der Waals surface area contributed by atoms with E-state index in [4.69, 9.17) is 11.6 Å². The van der Waals surface area contributed by atoms with Crippen LogP contribution in [0.2, 0.25) is 5.02 Å². The van der Waals surface area contributed by atoms with Crippen LogP contribution in [-0.2, 0) is 0 Å². The second kappa shape index (κ2) is 6.50. The molecule has 0 aromatic heterocycles. The van der Waals surface area contributed by atoms with Crippen molar-refractivity contribution in [2.24, 2.45) is 0 Å². The van der Waals surface area contributed by atoms with Crippen LogP contribution < -0.4 is 10.2 Å². The predicted molar refractivity (Wildman–Crippen MR) is 107 cm³/mol. The van der Waals surface area contributed by atoms with Crippen LogP contribution in [0.4, 0.5) is 11.4 Å². The Morgan fingerprint density at radius 2 is 1.65 bits per heavy atom. The molecule has 0 aliphatic carbocycles. The van der Waals surface area contributed by atoms with Crippen LogP contribution in [0.1, 0.15) is 33.2 Å². The van der Waals surface area contributed by atoms with Gasteiger partial charge >= 0.3 is 0 Å². The molecule has 1 unspecified atom stereocenters. The van der Waals surface area contributed by atoms with Gasteiger partial charge in [0.05, 0.1) is 5.56 Å². The Balaban J connectivity index is 1.90. The van der Waals surface area contributed by atoms with E-state index in [0.717, 1.165) is 22.5 Å². The lowest BCUT2D eigenvalue weighted by Crippen LogP contribution is -2.43. The summed E-state index contributed by atoms with van der Waals surface area (Å²) in [6.45, 7) is 4.12. The number of carbonyl (C=O) groups is 1. The Morgan fingerprint density at radius 3 is 2.42 bits per heavy atom. The maximum absolute atomic E-state index is 13.4. The number of hydrogen-bond donors (Lipinski definition) is 1. The number of halogens is 1. The average Bonchev–Trinajstić information content (AvgIpc) is 2.65. The van der Waals surface area contributed by atoms with Crippen LogP contribution in [0, 0.1) is 13.8 Å². The highest BCUT2D eigenvalue weighted by atomic mass is 35.5. The molecule has 1 aliphatic rings. The molecule has 0 saturated carbocycles. The molecule has 3 nitrogen and oxygen atoms in total. The summed E-state index contributed by atoms with van der Waals surface area (Å²) in [6, 6.07) is 21.3. The predicted octanol–water partition coefficient (Wildman–Crippen LogP) is 5.73. The number of para-hydroxylation sites is 1. The number of benzene rings is 3. The van der Waals surface area contributed by atoms with E-state index >= 15 is 0 Å². The molecular formula is C22H19ClN2O. The van der Waals surface area contributed by atoms with Gasteiger partial charge in [-0.2, -0.15) is 0 Å². The van der Waals surface area contributed by atoms with Gasteiger partial charge in [0.25, 0.3) is 5.91 Å². The molecule has 1 N–H and O–H groups in total. The van der Waals surface area contributed by atoms with E-state index in [1.165, 1.54) is 5.56 Å². The van der Waals surface area contributed by atoms with Gasteiger partial charge in [-0.1, -0.05) is 48.0 Å². The molecule has 0 bridgehead atoms. The highest BCUT2D eigenvalue weighted by Crippen LogP contribution is 2.39. The normalized spacial score (nSPS) is 16.2. The summed E-state index contributed by atoms with van der Waals surface area (Å²) in [5, 5.41) is 4.12. The van der Waals surface area contributed by atoms with E-state index in [1.807, 2.05) is 66.7 Å². The zero-order valence-electron chi connectivity index (χ0n) is 14.7. The molecule has 0 saturated heterocycles. The summed E-state index contributed by atoms with van der Waals surface area (Å²) >= 11 is 6.46. The maximum atomic E-state index is 13.4. The van der Waals surface area contributed by atoms with E-state index in [1.54, 1.807) is 4.90 Å². The second-order valence-corrected chi connectivity index (χ2v) is 6.96. The quantitative estimate of drug-likeness (QED) is 0.631. The zero-order chi connectivity index (χ0) is 18.3. The summed E-state index contributed by atoms with van der Waals surface area (Å²) in [4.78, 5) is 15.1. The topological polar surface area (TPSA) is 32.3 Å². The molecule has 4 rings (SSSR count). The average molecular weight is 363 g/mol. The fraction of sp³-hybridized carbons (Fsp3) is 0.136. The molecule has 3 aromatic carbocycles. The van der Waals surface area contributed by atoms with Gasteiger partial charge in [-0.05, 0) is 55.3 Å². The molecule has 4 heteroatoms. The number of anilines is 2. The van der Waals surface area contributed by atoms with Gasteiger partial charge in [0, 0.05) is 22.0 Å². The van der Waals surface area contributed by atoms with Crippen LogP contribution in [0.15, 0.2) is 66.7 Å². The van der Waals surface area contributed by atoms with E-state index in [2.05, 4.69) is 19.2 Å². The standard InChI is InChI=1S/C22H19ClN2O/c1-14-11-12-16(13-15(14)2)25-21(17-7-3-5-9-19(17)23)24-20-10-6-4-8-18(20)22(25)26/h3-13,21,24H,1-2H3. The first kappa shape index (κ1) is 16.7. The first-order valence-corrected chi connectivity index (χ1v) is 8.95. The van der Waals surface area contributed by atoms with Crippen LogP contribution in [-0.4, -0.2) is 5.91 Å². The molecule has 1 amide bonds. The van der Waals surface area contributed by atoms with E-state index < -0.39 is 0 Å². The Kier molecular flexibility index (Phi) is 4.17. The Morgan fingerprint density at radius 1 is 0.923 bits per heavy atom.